The molecule has 2 unspecified atom stereocenters. The standard InChI is InChI=1S/2C11H17.C2H7Si.2ClH.Ti/c2*1-3-5-10-7-8-11(9-10)6-4-2;1-3-2;;;/h2*7-9H,3-6H2,1-2H3;3H,1-2H3;2*1H;/q;;;;;+2/p-2. The van der Waals surface area contributed by atoms with Crippen LogP contribution in [0.25, 0.3) is 0 Å². The number of allylic oxidation sites excluding steroid dienone is 8. The molecular formula is C24H41Cl2SiTi. The molecule has 2 atom stereocenters. The second-order valence-corrected chi connectivity index (χ2v) is 38.6. The van der Waals surface area contributed by atoms with Gasteiger partial charge in [-0.1, -0.05) is 0 Å². The fraction of sp³-hybridized carbons (Fsp3) is 0.667. The van der Waals surface area contributed by atoms with Crippen molar-refractivity contribution in [2.45, 2.75) is 101 Å². The van der Waals surface area contributed by atoms with E-state index in [0.29, 0.717) is 8.45 Å². The number of hydrogen-bond acceptors (Lipinski definition) is 0. The summed E-state index contributed by atoms with van der Waals surface area (Å²) in [7, 11) is 16.0. The fourth-order valence-electron chi connectivity index (χ4n) is 5.25. The van der Waals surface area contributed by atoms with E-state index >= 15 is 0 Å². The average Bonchev–Trinajstić information content (AvgIpc) is 3.22. The van der Waals surface area contributed by atoms with Gasteiger partial charge in [0.25, 0.3) is 0 Å². The van der Waals surface area contributed by atoms with Crippen LogP contribution >= 0.6 is 18.6 Å². The van der Waals surface area contributed by atoms with E-state index in [4.69, 9.17) is 18.6 Å². The van der Waals surface area contributed by atoms with Gasteiger partial charge < -0.3 is 0 Å². The Bertz CT molecular complexity index is 633. The molecule has 0 N–H and O–H groups in total. The summed E-state index contributed by atoms with van der Waals surface area (Å²) >= 11 is -3.90. The first kappa shape index (κ1) is 24.7. The van der Waals surface area contributed by atoms with Crippen LogP contribution in [0.5, 0.6) is 0 Å². The van der Waals surface area contributed by atoms with Crippen molar-refractivity contribution in [1.82, 2.24) is 0 Å². The van der Waals surface area contributed by atoms with Crippen LogP contribution in [0.1, 0.15) is 79.1 Å². The molecule has 0 saturated heterocycles. The summed E-state index contributed by atoms with van der Waals surface area (Å²) < 4.78 is 0.659. The van der Waals surface area contributed by atoms with Crippen LogP contribution in [0.4, 0.5) is 0 Å². The van der Waals surface area contributed by atoms with Crippen LogP contribution in [0.3, 0.4) is 0 Å². The number of rotatable bonds is 11. The van der Waals surface area contributed by atoms with Crippen LogP contribution in [-0.4, -0.2) is 6.66 Å². The van der Waals surface area contributed by atoms with Crippen molar-refractivity contribution in [2.24, 2.45) is 0 Å². The Hall–Kier alpha value is 0.471. The maximum absolute atomic E-state index is 7.98. The van der Waals surface area contributed by atoms with Crippen molar-refractivity contribution in [1.29, 1.82) is 0 Å². The third kappa shape index (κ3) is 4.70. The predicted octanol–water partition coefficient (Wildman–Crippen LogP) is 9.48. The molecule has 0 bridgehead atoms. The zero-order chi connectivity index (χ0) is 21.0. The molecule has 0 aromatic rings. The quantitative estimate of drug-likeness (QED) is 0.261. The average molecular weight is 476 g/mol. The van der Waals surface area contributed by atoms with Gasteiger partial charge in [-0.25, -0.2) is 0 Å². The summed E-state index contributed by atoms with van der Waals surface area (Å²) in [5.41, 5.74) is 6.06. The molecule has 0 radical (unpaired) electrons. The summed E-state index contributed by atoms with van der Waals surface area (Å²) in [5.74, 6) is 0. The zero-order valence-electron chi connectivity index (χ0n) is 19.0. The molecule has 0 heterocycles. The topological polar surface area (TPSA) is 0 Å². The molecule has 4 heteroatoms. The molecule has 2 aliphatic carbocycles. The Morgan fingerprint density at radius 1 is 0.714 bits per heavy atom. The van der Waals surface area contributed by atoms with Gasteiger partial charge in [0.2, 0.25) is 0 Å². The Morgan fingerprint density at radius 3 is 1.36 bits per heavy atom. The van der Waals surface area contributed by atoms with Gasteiger partial charge in [-0.2, -0.15) is 0 Å². The van der Waals surface area contributed by atoms with Crippen molar-refractivity contribution < 1.29 is 12.4 Å². The van der Waals surface area contributed by atoms with Gasteiger partial charge in [0.05, 0.1) is 0 Å². The van der Waals surface area contributed by atoms with E-state index in [0.717, 1.165) is 25.7 Å². The van der Waals surface area contributed by atoms with Gasteiger partial charge in [-0.3, -0.25) is 0 Å². The SMILES string of the molecule is CCCC1=C[CH]([Ti]([Cl])([Cl])([CH]2C=C(CCC)C=C2CCC)[SiH](C)C)C(CCC)=C1. The van der Waals surface area contributed by atoms with Gasteiger partial charge in [-0.15, -0.1) is 0 Å². The monoisotopic (exact) mass is 475 g/mol. The maximum atomic E-state index is 7.98. The van der Waals surface area contributed by atoms with Crippen LogP contribution in [-0.2, 0) is 12.4 Å². The molecule has 0 fully saturated rings. The van der Waals surface area contributed by atoms with Crippen LogP contribution in [0.2, 0.25) is 21.5 Å². The second kappa shape index (κ2) is 10.2. The van der Waals surface area contributed by atoms with E-state index in [2.05, 4.69) is 65.1 Å². The Labute approximate surface area is 184 Å². The van der Waals surface area contributed by atoms with Gasteiger partial charge in [0, 0.05) is 0 Å². The first-order chi connectivity index (χ1) is 13.2. The molecule has 0 aromatic heterocycles. The first-order valence-corrected chi connectivity index (χ1v) is 23.3. The van der Waals surface area contributed by atoms with Gasteiger partial charge in [0.15, 0.2) is 0 Å². The van der Waals surface area contributed by atoms with E-state index in [1.54, 1.807) is 11.1 Å². The molecular weight excluding hydrogens is 435 g/mol. The van der Waals surface area contributed by atoms with E-state index in [9.17, 15) is 0 Å². The third-order valence-corrected chi connectivity index (χ3v) is 42.3. The Morgan fingerprint density at radius 2 is 1.07 bits per heavy atom. The minimum absolute atomic E-state index is 0.330. The van der Waals surface area contributed by atoms with E-state index in [1.807, 2.05) is 0 Å². The fourth-order valence-corrected chi connectivity index (χ4v) is 24.5. The molecule has 2 rings (SSSR count). The summed E-state index contributed by atoms with van der Waals surface area (Å²) in [6, 6.07) is 0. The molecule has 0 nitrogen and oxygen atoms in total. The van der Waals surface area contributed by atoms with Crippen molar-refractivity contribution >= 4 is 25.3 Å². The van der Waals surface area contributed by atoms with E-state index in [1.165, 1.54) is 36.8 Å². The molecule has 0 aliphatic heterocycles. The zero-order valence-corrected chi connectivity index (χ0v) is 23.2. The van der Waals surface area contributed by atoms with E-state index < -0.39 is 19.1 Å². The Balaban J connectivity index is 2.59. The molecule has 159 valence electrons. The van der Waals surface area contributed by atoms with E-state index in [-0.39, 0.29) is 0 Å². The number of hydrogen-bond donors (Lipinski definition) is 0. The van der Waals surface area contributed by atoms with Crippen molar-refractivity contribution in [3.63, 3.8) is 0 Å². The van der Waals surface area contributed by atoms with Gasteiger partial charge >= 0.3 is 185 Å². The first-order valence-electron chi connectivity index (χ1n) is 11.6. The van der Waals surface area contributed by atoms with Gasteiger partial charge in [0.1, 0.15) is 0 Å². The molecule has 2 aliphatic rings. The molecule has 0 saturated carbocycles. The third-order valence-electron chi connectivity index (χ3n) is 6.75. The van der Waals surface area contributed by atoms with Gasteiger partial charge in [-0.05, 0) is 0 Å². The summed E-state index contributed by atoms with van der Waals surface area (Å²) in [6.07, 6.45) is 19.3. The molecule has 0 aromatic carbocycles. The van der Waals surface area contributed by atoms with Crippen molar-refractivity contribution in [2.75, 3.05) is 0 Å². The van der Waals surface area contributed by atoms with Crippen LogP contribution in [0, 0.1) is 0 Å². The second-order valence-electron chi connectivity index (χ2n) is 9.26. The van der Waals surface area contributed by atoms with Crippen LogP contribution < -0.4 is 0 Å². The summed E-state index contributed by atoms with van der Waals surface area (Å²) in [6.45, 7) is 12.7. The Kier molecular flexibility index (Phi) is 9.00. The molecule has 0 amide bonds. The minimum atomic E-state index is -3.90. The molecule has 28 heavy (non-hydrogen) atoms. The summed E-state index contributed by atoms with van der Waals surface area (Å²) in [4.78, 5) is 0. The summed E-state index contributed by atoms with van der Waals surface area (Å²) in [5, 5.41) is 0. The number of halogens is 2. The molecule has 0 spiro atoms. The van der Waals surface area contributed by atoms with Crippen LogP contribution in [0.15, 0.2) is 46.6 Å². The van der Waals surface area contributed by atoms with Crippen molar-refractivity contribution in [3.05, 3.63) is 46.6 Å². The normalized spacial score (nSPS) is 24.0. The predicted molar refractivity (Wildman–Crippen MR) is 130 cm³/mol. The van der Waals surface area contributed by atoms with Crippen molar-refractivity contribution in [3.8, 4) is 0 Å².